The van der Waals surface area contributed by atoms with Gasteiger partial charge in [-0.2, -0.15) is 8.78 Å². The smallest absolute Gasteiger partial charge is 0.369 e. The number of rotatable bonds is 16. The molecule has 0 aliphatic heterocycles. The highest BCUT2D eigenvalue weighted by Crippen LogP contribution is 2.26. The third kappa shape index (κ3) is 11.9. The van der Waals surface area contributed by atoms with Gasteiger partial charge in [0.15, 0.2) is 0 Å². The van der Waals surface area contributed by atoms with E-state index in [1.807, 2.05) is 0 Å². The summed E-state index contributed by atoms with van der Waals surface area (Å²) in [5, 5.41) is 0. The number of hydrogen-bond acceptors (Lipinski definition) is 10. The van der Waals surface area contributed by atoms with Crippen molar-refractivity contribution in [1.82, 2.24) is 0 Å². The molecule has 0 unspecified atom stereocenters. The quantitative estimate of drug-likeness (QED) is 0.0739. The average Bonchev–Trinajstić information content (AvgIpc) is 3.01. The summed E-state index contributed by atoms with van der Waals surface area (Å²) in [7, 11) is 0. The zero-order chi connectivity index (χ0) is 33.6. The Balaban J connectivity index is 1.31. The van der Waals surface area contributed by atoms with Crippen LogP contribution in [0.3, 0.4) is 0 Å². The number of carbonyl (C=O) groups is 4. The van der Waals surface area contributed by atoms with E-state index >= 15 is 0 Å². The molecule has 0 amide bonds. The summed E-state index contributed by atoms with van der Waals surface area (Å²) in [5.41, 5.74) is 0.477. The molecule has 0 atom stereocenters. The molecule has 0 radical (unpaired) electrons. The lowest BCUT2D eigenvalue weighted by Crippen LogP contribution is -2.30. The van der Waals surface area contributed by atoms with Crippen molar-refractivity contribution in [3.8, 4) is 11.5 Å². The van der Waals surface area contributed by atoms with Gasteiger partial charge in [0, 0.05) is 25.0 Å². The van der Waals surface area contributed by atoms with Crippen LogP contribution in [0.25, 0.3) is 0 Å². The van der Waals surface area contributed by atoms with E-state index < -0.39 is 60.8 Å². The number of hydrogen-bond donors (Lipinski definition) is 0. The topological polar surface area (TPSA) is 124 Å². The first-order valence-corrected chi connectivity index (χ1v) is 14.2. The van der Waals surface area contributed by atoms with Gasteiger partial charge in [-0.3, -0.25) is 9.59 Å². The number of ether oxygens (including phenoxy) is 6. The summed E-state index contributed by atoms with van der Waals surface area (Å²) in [5.74, 6) is -7.40. The average molecular weight is 653 g/mol. The van der Waals surface area contributed by atoms with Crippen LogP contribution < -0.4 is 9.47 Å². The summed E-state index contributed by atoms with van der Waals surface area (Å²) >= 11 is 0. The molecule has 1 fully saturated rings. The molecular formula is C32H32F4O10. The first-order valence-electron chi connectivity index (χ1n) is 14.2. The van der Waals surface area contributed by atoms with Gasteiger partial charge in [-0.1, -0.05) is 25.3 Å². The van der Waals surface area contributed by atoms with Gasteiger partial charge in [0.2, 0.25) is 25.2 Å². The van der Waals surface area contributed by atoms with Gasteiger partial charge in [0.1, 0.15) is 35.3 Å². The highest BCUT2D eigenvalue weighted by atomic mass is 19.1. The molecule has 0 bridgehead atoms. The summed E-state index contributed by atoms with van der Waals surface area (Å²) in [4.78, 5) is 46.7. The monoisotopic (exact) mass is 652 g/mol. The van der Waals surface area contributed by atoms with Crippen molar-refractivity contribution in [2.24, 2.45) is 0 Å². The van der Waals surface area contributed by atoms with Crippen molar-refractivity contribution in [3.05, 3.63) is 84.0 Å². The fraction of sp³-hybridized carbons (Fsp3) is 0.375. The zero-order valence-corrected chi connectivity index (χ0v) is 24.7. The van der Waals surface area contributed by atoms with E-state index in [-0.39, 0.29) is 60.5 Å². The van der Waals surface area contributed by atoms with Gasteiger partial charge < -0.3 is 28.4 Å². The fourth-order valence-electron chi connectivity index (χ4n) is 4.33. The Kier molecular flexibility index (Phi) is 13.6. The molecule has 0 saturated heterocycles. The molecule has 14 heteroatoms. The zero-order valence-electron chi connectivity index (χ0n) is 24.7. The van der Waals surface area contributed by atoms with Crippen LogP contribution in [0.1, 0.15) is 49.7 Å². The van der Waals surface area contributed by atoms with Crippen molar-refractivity contribution in [3.63, 3.8) is 0 Å². The van der Waals surface area contributed by atoms with Gasteiger partial charge in [0.25, 0.3) is 0 Å². The maximum absolute atomic E-state index is 14.4. The van der Waals surface area contributed by atoms with Gasteiger partial charge in [0.05, 0.1) is 0 Å². The van der Waals surface area contributed by atoms with E-state index in [1.54, 1.807) is 0 Å². The number of esters is 4. The maximum atomic E-state index is 14.4. The molecule has 10 nitrogen and oxygen atoms in total. The Labute approximate surface area is 261 Å². The van der Waals surface area contributed by atoms with E-state index in [9.17, 15) is 36.7 Å². The molecule has 1 saturated carbocycles. The molecule has 248 valence electrons. The highest BCUT2D eigenvalue weighted by Gasteiger charge is 2.26. The number of halogens is 4. The minimum atomic E-state index is -1.29. The SMILES string of the molecule is C=C(F)C(=O)OCOc1ccc(CCC(=O)OC2CCC(OC(=O)CCc3ccc(OCOC(=O)C(=C)F)cc3F)CC2)c(F)c1. The van der Waals surface area contributed by atoms with Crippen LogP contribution in [0.4, 0.5) is 17.6 Å². The first kappa shape index (κ1) is 35.6. The molecule has 0 heterocycles. The largest absolute Gasteiger partial charge is 0.462 e. The maximum Gasteiger partial charge on any atom is 0.369 e. The molecule has 0 N–H and O–H groups in total. The lowest BCUT2D eigenvalue weighted by Gasteiger charge is -2.28. The van der Waals surface area contributed by atoms with E-state index in [4.69, 9.17) is 18.9 Å². The van der Waals surface area contributed by atoms with Crippen molar-refractivity contribution >= 4 is 23.9 Å². The predicted molar refractivity (Wildman–Crippen MR) is 151 cm³/mol. The van der Waals surface area contributed by atoms with Crippen molar-refractivity contribution < 1.29 is 65.2 Å². The predicted octanol–water partition coefficient (Wildman–Crippen LogP) is 5.65. The van der Waals surface area contributed by atoms with Gasteiger partial charge >= 0.3 is 23.9 Å². The molecule has 1 aliphatic rings. The number of carbonyl (C=O) groups excluding carboxylic acids is 4. The lowest BCUT2D eigenvalue weighted by atomic mass is 9.95. The van der Waals surface area contributed by atoms with Crippen molar-refractivity contribution in [1.29, 1.82) is 0 Å². The Hall–Kier alpha value is -4.88. The van der Waals surface area contributed by atoms with Gasteiger partial charge in [-0.05, 0) is 61.8 Å². The van der Waals surface area contributed by atoms with Gasteiger partial charge in [-0.25, -0.2) is 18.4 Å². The van der Waals surface area contributed by atoms with E-state index in [0.29, 0.717) is 25.7 Å². The molecule has 1 aliphatic carbocycles. The van der Waals surface area contributed by atoms with Crippen LogP contribution in [0.5, 0.6) is 11.5 Å². The Morgan fingerprint density at radius 1 is 0.652 bits per heavy atom. The Bertz CT molecular complexity index is 1330. The third-order valence-corrected chi connectivity index (χ3v) is 6.74. The van der Waals surface area contributed by atoms with Crippen LogP contribution in [0, 0.1) is 11.6 Å². The van der Waals surface area contributed by atoms with Crippen molar-refractivity contribution in [2.45, 2.75) is 63.6 Å². The second-order valence-corrected chi connectivity index (χ2v) is 10.1. The standard InChI is InChI=1S/C32H32F4O10/c1-19(33)31(39)43-17-41-25-7-3-21(27(35)15-25)5-13-29(37)45-23-9-11-24(12-10-23)46-30(38)14-6-22-4-8-26(16-28(22)36)42-18-44-32(40)20(2)34/h3-4,7-8,15-16,23-24H,1-2,5-6,9-14,17-18H2. The first-order chi connectivity index (χ1) is 21.9. The van der Waals surface area contributed by atoms with Gasteiger partial charge in [-0.15, -0.1) is 0 Å². The molecule has 46 heavy (non-hydrogen) atoms. The summed E-state index contributed by atoms with van der Waals surface area (Å²) in [6.07, 6.45) is 1.10. The summed E-state index contributed by atoms with van der Waals surface area (Å²) < 4.78 is 83.8. The van der Waals surface area contributed by atoms with E-state index in [2.05, 4.69) is 22.6 Å². The molecular weight excluding hydrogens is 620 g/mol. The van der Waals surface area contributed by atoms with Crippen LogP contribution in [0.15, 0.2) is 61.2 Å². The lowest BCUT2D eigenvalue weighted by molar-refractivity contribution is -0.158. The van der Waals surface area contributed by atoms with Crippen LogP contribution in [-0.4, -0.2) is 49.7 Å². The van der Waals surface area contributed by atoms with Crippen LogP contribution >= 0.6 is 0 Å². The second-order valence-electron chi connectivity index (χ2n) is 10.1. The number of aryl methyl sites for hydroxylation is 2. The molecule has 0 aromatic heterocycles. The third-order valence-electron chi connectivity index (χ3n) is 6.74. The summed E-state index contributed by atoms with van der Waals surface area (Å²) in [6.45, 7) is 4.30. The highest BCUT2D eigenvalue weighted by molar-refractivity contribution is 5.85. The minimum Gasteiger partial charge on any atom is -0.462 e. The molecule has 2 aromatic rings. The molecule has 0 spiro atoms. The van der Waals surface area contributed by atoms with Crippen LogP contribution in [-0.2, 0) is 51.0 Å². The normalized spacial score (nSPS) is 15.7. The number of benzene rings is 2. The Morgan fingerprint density at radius 3 is 1.35 bits per heavy atom. The molecule has 2 aromatic carbocycles. The van der Waals surface area contributed by atoms with E-state index in [1.165, 1.54) is 24.3 Å². The Morgan fingerprint density at radius 2 is 1.02 bits per heavy atom. The molecule has 3 rings (SSSR count). The summed E-state index contributed by atoms with van der Waals surface area (Å²) in [6, 6.07) is 7.71. The minimum absolute atomic E-state index is 0.0392. The van der Waals surface area contributed by atoms with Crippen molar-refractivity contribution in [2.75, 3.05) is 13.6 Å². The second kappa shape index (κ2) is 17.6. The van der Waals surface area contributed by atoms with E-state index in [0.717, 1.165) is 12.1 Å². The fourth-order valence-corrected chi connectivity index (χ4v) is 4.33. The van der Waals surface area contributed by atoms with Crippen LogP contribution in [0.2, 0.25) is 0 Å².